The molecule has 2 amide bonds. The van der Waals surface area contributed by atoms with E-state index in [2.05, 4.69) is 15.5 Å². The SMILES string of the molecule is CC[C@H](C)[C@H](NC(=O)OCc1ccccc1)C(=O)NCCN1CCCCC1. The fourth-order valence-corrected chi connectivity index (χ4v) is 3.22. The van der Waals surface area contributed by atoms with Gasteiger partial charge >= 0.3 is 6.09 Å². The smallest absolute Gasteiger partial charge is 0.408 e. The molecule has 0 aromatic heterocycles. The Bertz CT molecular complexity index is 573. The standard InChI is InChI=1S/C21H33N3O3/c1-3-17(2)19(20(25)22-12-15-24-13-8-5-9-14-24)23-21(26)27-16-18-10-6-4-7-11-18/h4,6-7,10-11,17,19H,3,5,8-9,12-16H2,1-2H3,(H,22,25)(H,23,26)/t17-,19-/m0/s1. The second-order valence-corrected chi connectivity index (χ2v) is 7.26. The summed E-state index contributed by atoms with van der Waals surface area (Å²) in [5.74, 6) is -0.109. The number of nitrogens with one attached hydrogen (secondary N) is 2. The number of likely N-dealkylation sites (tertiary alicyclic amines) is 1. The van der Waals surface area contributed by atoms with E-state index in [0.717, 1.165) is 31.6 Å². The number of amides is 2. The number of hydrogen-bond acceptors (Lipinski definition) is 4. The molecular formula is C21H33N3O3. The van der Waals surface area contributed by atoms with E-state index < -0.39 is 12.1 Å². The van der Waals surface area contributed by atoms with Gasteiger partial charge in [-0.1, -0.05) is 57.0 Å². The number of alkyl carbamates (subject to hydrolysis) is 1. The molecular weight excluding hydrogens is 342 g/mol. The van der Waals surface area contributed by atoms with Gasteiger partial charge in [-0.15, -0.1) is 0 Å². The quantitative estimate of drug-likeness (QED) is 0.696. The van der Waals surface area contributed by atoms with Crippen molar-refractivity contribution in [1.29, 1.82) is 0 Å². The van der Waals surface area contributed by atoms with Crippen LogP contribution in [0.2, 0.25) is 0 Å². The van der Waals surface area contributed by atoms with E-state index in [9.17, 15) is 9.59 Å². The highest BCUT2D eigenvalue weighted by Crippen LogP contribution is 2.10. The van der Waals surface area contributed by atoms with Gasteiger partial charge in [-0.3, -0.25) is 4.79 Å². The number of carbonyl (C=O) groups excluding carboxylic acids is 2. The van der Waals surface area contributed by atoms with Crippen molar-refractivity contribution in [3.8, 4) is 0 Å². The molecule has 2 atom stereocenters. The third-order valence-electron chi connectivity index (χ3n) is 5.16. The predicted octanol–water partition coefficient (Wildman–Crippen LogP) is 2.93. The monoisotopic (exact) mass is 375 g/mol. The Hall–Kier alpha value is -2.08. The zero-order valence-electron chi connectivity index (χ0n) is 16.6. The van der Waals surface area contributed by atoms with Gasteiger partial charge in [0.2, 0.25) is 5.91 Å². The van der Waals surface area contributed by atoms with Crippen molar-refractivity contribution in [3.05, 3.63) is 35.9 Å². The molecule has 6 heteroatoms. The third-order valence-corrected chi connectivity index (χ3v) is 5.16. The molecule has 1 aromatic rings. The van der Waals surface area contributed by atoms with E-state index in [1.807, 2.05) is 44.2 Å². The van der Waals surface area contributed by atoms with Crippen molar-refractivity contribution < 1.29 is 14.3 Å². The molecule has 2 N–H and O–H groups in total. The Kier molecular flexibility index (Phi) is 9.11. The van der Waals surface area contributed by atoms with Gasteiger partial charge in [0.25, 0.3) is 0 Å². The van der Waals surface area contributed by atoms with E-state index in [-0.39, 0.29) is 18.4 Å². The molecule has 150 valence electrons. The van der Waals surface area contributed by atoms with Crippen molar-refractivity contribution >= 4 is 12.0 Å². The van der Waals surface area contributed by atoms with Crippen molar-refractivity contribution in [2.45, 2.75) is 52.2 Å². The van der Waals surface area contributed by atoms with E-state index in [1.165, 1.54) is 19.3 Å². The van der Waals surface area contributed by atoms with Crippen LogP contribution in [0.5, 0.6) is 0 Å². The average Bonchev–Trinajstić information content (AvgIpc) is 2.71. The molecule has 2 rings (SSSR count). The predicted molar refractivity (Wildman–Crippen MR) is 106 cm³/mol. The maximum absolute atomic E-state index is 12.6. The van der Waals surface area contributed by atoms with Crippen LogP contribution in [0.3, 0.4) is 0 Å². The topological polar surface area (TPSA) is 70.7 Å². The van der Waals surface area contributed by atoms with E-state index >= 15 is 0 Å². The van der Waals surface area contributed by atoms with E-state index in [0.29, 0.717) is 6.54 Å². The fraction of sp³-hybridized carbons (Fsp3) is 0.619. The number of nitrogens with zero attached hydrogens (tertiary/aromatic N) is 1. The van der Waals surface area contributed by atoms with Crippen LogP contribution >= 0.6 is 0 Å². The summed E-state index contributed by atoms with van der Waals surface area (Å²) in [5.41, 5.74) is 0.915. The molecule has 0 aliphatic carbocycles. The Morgan fingerprint density at radius 3 is 2.52 bits per heavy atom. The summed E-state index contributed by atoms with van der Waals surface area (Å²) in [4.78, 5) is 27.1. The zero-order valence-corrected chi connectivity index (χ0v) is 16.6. The average molecular weight is 376 g/mol. The fourth-order valence-electron chi connectivity index (χ4n) is 3.22. The molecule has 6 nitrogen and oxygen atoms in total. The Balaban J connectivity index is 1.78. The van der Waals surface area contributed by atoms with Crippen LogP contribution in [0.1, 0.15) is 45.1 Å². The maximum atomic E-state index is 12.6. The third kappa shape index (κ3) is 7.59. The number of rotatable bonds is 9. The lowest BCUT2D eigenvalue weighted by atomic mass is 9.98. The first-order chi connectivity index (χ1) is 13.1. The molecule has 1 heterocycles. The minimum absolute atomic E-state index is 0.0317. The zero-order chi connectivity index (χ0) is 19.5. The van der Waals surface area contributed by atoms with Crippen LogP contribution in [0, 0.1) is 5.92 Å². The molecule has 0 bridgehead atoms. The van der Waals surface area contributed by atoms with Gasteiger partial charge < -0.3 is 20.3 Å². The summed E-state index contributed by atoms with van der Waals surface area (Å²) >= 11 is 0. The van der Waals surface area contributed by atoms with Crippen LogP contribution in [-0.4, -0.2) is 49.1 Å². The van der Waals surface area contributed by atoms with Crippen LogP contribution < -0.4 is 10.6 Å². The minimum atomic E-state index is -0.584. The summed E-state index contributed by atoms with van der Waals surface area (Å²) in [6.07, 6.45) is 4.00. The number of piperidine rings is 1. The van der Waals surface area contributed by atoms with Crippen LogP contribution in [-0.2, 0) is 16.1 Å². The molecule has 0 spiro atoms. The summed E-state index contributed by atoms with van der Waals surface area (Å²) in [6.45, 7) is 7.84. The lowest BCUT2D eigenvalue weighted by Gasteiger charge is -2.27. The van der Waals surface area contributed by atoms with E-state index in [1.54, 1.807) is 0 Å². The summed E-state index contributed by atoms with van der Waals surface area (Å²) in [6, 6.07) is 8.92. The highest BCUT2D eigenvalue weighted by atomic mass is 16.5. The molecule has 1 aliphatic rings. The Morgan fingerprint density at radius 1 is 1.15 bits per heavy atom. The highest BCUT2D eigenvalue weighted by molar-refractivity contribution is 5.85. The summed E-state index contributed by atoms with van der Waals surface area (Å²) in [7, 11) is 0. The summed E-state index contributed by atoms with van der Waals surface area (Å²) in [5, 5.41) is 5.71. The number of carbonyl (C=O) groups is 2. The Labute approximate surface area is 162 Å². The molecule has 1 aromatic carbocycles. The van der Waals surface area contributed by atoms with Crippen molar-refractivity contribution in [3.63, 3.8) is 0 Å². The molecule has 1 aliphatic heterocycles. The Morgan fingerprint density at radius 2 is 1.85 bits per heavy atom. The van der Waals surface area contributed by atoms with Gasteiger partial charge in [-0.2, -0.15) is 0 Å². The second-order valence-electron chi connectivity index (χ2n) is 7.26. The minimum Gasteiger partial charge on any atom is -0.445 e. The van der Waals surface area contributed by atoms with Gasteiger partial charge in [0.05, 0.1) is 0 Å². The van der Waals surface area contributed by atoms with Crippen molar-refractivity contribution in [1.82, 2.24) is 15.5 Å². The highest BCUT2D eigenvalue weighted by Gasteiger charge is 2.26. The molecule has 1 saturated heterocycles. The van der Waals surface area contributed by atoms with Crippen LogP contribution in [0.25, 0.3) is 0 Å². The van der Waals surface area contributed by atoms with Gasteiger partial charge in [0.15, 0.2) is 0 Å². The van der Waals surface area contributed by atoms with Gasteiger partial charge in [-0.25, -0.2) is 4.79 Å². The molecule has 1 fully saturated rings. The second kappa shape index (κ2) is 11.6. The first-order valence-corrected chi connectivity index (χ1v) is 10.1. The van der Waals surface area contributed by atoms with E-state index in [4.69, 9.17) is 4.74 Å². The lowest BCUT2D eigenvalue weighted by Crippen LogP contribution is -2.51. The number of benzene rings is 1. The molecule has 0 saturated carbocycles. The van der Waals surface area contributed by atoms with Gasteiger partial charge in [-0.05, 0) is 37.4 Å². The molecule has 0 radical (unpaired) electrons. The maximum Gasteiger partial charge on any atom is 0.408 e. The largest absolute Gasteiger partial charge is 0.445 e. The molecule has 27 heavy (non-hydrogen) atoms. The van der Waals surface area contributed by atoms with Crippen LogP contribution in [0.15, 0.2) is 30.3 Å². The summed E-state index contributed by atoms with van der Waals surface area (Å²) < 4.78 is 5.26. The lowest BCUT2D eigenvalue weighted by molar-refractivity contribution is -0.124. The van der Waals surface area contributed by atoms with Gasteiger partial charge in [0, 0.05) is 13.1 Å². The first kappa shape index (κ1) is 21.2. The van der Waals surface area contributed by atoms with Gasteiger partial charge in [0.1, 0.15) is 12.6 Å². The first-order valence-electron chi connectivity index (χ1n) is 10.1. The van der Waals surface area contributed by atoms with Crippen molar-refractivity contribution in [2.75, 3.05) is 26.2 Å². The van der Waals surface area contributed by atoms with Crippen LogP contribution in [0.4, 0.5) is 4.79 Å². The molecule has 0 unspecified atom stereocenters. The van der Waals surface area contributed by atoms with Crippen molar-refractivity contribution in [2.24, 2.45) is 5.92 Å². The number of hydrogen-bond donors (Lipinski definition) is 2. The number of ether oxygens (including phenoxy) is 1. The normalized spacial score (nSPS) is 17.0.